The molecule has 0 radical (unpaired) electrons. The van der Waals surface area contributed by atoms with Gasteiger partial charge in [0.2, 0.25) is 11.0 Å². The lowest BCUT2D eigenvalue weighted by Crippen LogP contribution is -2.16. The molecule has 5 heteroatoms. The van der Waals surface area contributed by atoms with E-state index in [4.69, 9.17) is 0 Å². The quantitative estimate of drug-likeness (QED) is 0.782. The summed E-state index contributed by atoms with van der Waals surface area (Å²) in [5.74, 6) is -0.0372. The minimum absolute atomic E-state index is 0.0234. The summed E-state index contributed by atoms with van der Waals surface area (Å²) in [6, 6.07) is 20.1. The highest BCUT2D eigenvalue weighted by Crippen LogP contribution is 2.28. The molecule has 0 atom stereocenters. The molecule has 0 bridgehead atoms. The molecule has 1 heterocycles. The zero-order valence-electron chi connectivity index (χ0n) is 11.8. The molecule has 1 N–H and O–H groups in total. The van der Waals surface area contributed by atoms with Crippen LogP contribution in [0.5, 0.6) is 0 Å². The molecule has 110 valence electrons. The molecule has 3 rings (SSSR count). The summed E-state index contributed by atoms with van der Waals surface area (Å²) in [5, 5.41) is 10.9. The summed E-state index contributed by atoms with van der Waals surface area (Å²) in [7, 11) is 0. The maximum absolute atomic E-state index is 12.3. The van der Waals surface area contributed by atoms with Crippen LogP contribution in [0.4, 0.5) is 5.13 Å². The first-order chi connectivity index (χ1) is 10.8. The average molecular weight is 309 g/mol. The highest BCUT2D eigenvalue weighted by molar-refractivity contribution is 7.13. The third-order valence-electron chi connectivity index (χ3n) is 3.40. The lowest BCUT2D eigenvalue weighted by Gasteiger charge is -2.17. The summed E-state index contributed by atoms with van der Waals surface area (Å²) in [6.07, 6.45) is 0.369. The van der Waals surface area contributed by atoms with Gasteiger partial charge in [0.05, 0.1) is 0 Å². The maximum atomic E-state index is 12.3. The van der Waals surface area contributed by atoms with Crippen LogP contribution in [0.2, 0.25) is 0 Å². The zero-order valence-corrected chi connectivity index (χ0v) is 12.7. The second-order valence-electron chi connectivity index (χ2n) is 4.87. The number of carbonyl (C=O) groups is 1. The van der Waals surface area contributed by atoms with Crippen molar-refractivity contribution in [2.45, 2.75) is 12.3 Å². The molecule has 0 fully saturated rings. The minimum Gasteiger partial charge on any atom is -0.301 e. The molecule has 3 aromatic rings. The van der Waals surface area contributed by atoms with E-state index in [9.17, 15) is 4.79 Å². The number of benzene rings is 2. The smallest absolute Gasteiger partial charge is 0.227 e. The molecule has 0 spiro atoms. The highest BCUT2D eigenvalue weighted by Gasteiger charge is 2.18. The Labute approximate surface area is 132 Å². The molecule has 0 aliphatic heterocycles. The van der Waals surface area contributed by atoms with Gasteiger partial charge in [-0.2, -0.15) is 0 Å². The van der Waals surface area contributed by atoms with Gasteiger partial charge in [-0.15, -0.1) is 10.2 Å². The molecular formula is C17H15N3OS. The van der Waals surface area contributed by atoms with Crippen LogP contribution >= 0.6 is 11.3 Å². The summed E-state index contributed by atoms with van der Waals surface area (Å²) >= 11 is 1.32. The minimum atomic E-state index is -0.0607. The predicted octanol–water partition coefficient (Wildman–Crippen LogP) is 3.70. The van der Waals surface area contributed by atoms with Crippen molar-refractivity contribution in [1.29, 1.82) is 0 Å². The third-order valence-corrected chi connectivity index (χ3v) is 4.01. The lowest BCUT2D eigenvalue weighted by atomic mass is 9.88. The molecule has 0 saturated heterocycles. The Kier molecular flexibility index (Phi) is 4.56. The normalized spacial score (nSPS) is 10.6. The van der Waals surface area contributed by atoms with Gasteiger partial charge in [-0.05, 0) is 11.1 Å². The van der Waals surface area contributed by atoms with Gasteiger partial charge in [-0.3, -0.25) is 4.79 Å². The van der Waals surface area contributed by atoms with Crippen LogP contribution in [0, 0.1) is 0 Å². The lowest BCUT2D eigenvalue weighted by molar-refractivity contribution is -0.116. The first-order valence-electron chi connectivity index (χ1n) is 6.99. The van der Waals surface area contributed by atoms with Crippen LogP contribution in [-0.4, -0.2) is 16.1 Å². The van der Waals surface area contributed by atoms with Crippen LogP contribution in [-0.2, 0) is 4.79 Å². The predicted molar refractivity (Wildman–Crippen MR) is 87.9 cm³/mol. The summed E-state index contributed by atoms with van der Waals surface area (Å²) in [6.45, 7) is 0. The fraction of sp³-hybridized carbons (Fsp3) is 0.118. The van der Waals surface area contributed by atoms with Crippen molar-refractivity contribution < 1.29 is 4.79 Å². The molecule has 4 nitrogen and oxygen atoms in total. The second kappa shape index (κ2) is 6.95. The Hall–Kier alpha value is -2.53. The Morgan fingerprint density at radius 2 is 1.59 bits per heavy atom. The number of hydrogen-bond acceptors (Lipinski definition) is 4. The Morgan fingerprint density at radius 1 is 1.00 bits per heavy atom. The van der Waals surface area contributed by atoms with Crippen molar-refractivity contribution >= 4 is 22.4 Å². The van der Waals surface area contributed by atoms with E-state index in [1.165, 1.54) is 11.3 Å². The number of carbonyl (C=O) groups excluding carboxylic acids is 1. The van der Waals surface area contributed by atoms with Crippen molar-refractivity contribution in [3.63, 3.8) is 0 Å². The molecule has 2 aromatic carbocycles. The van der Waals surface area contributed by atoms with Gasteiger partial charge in [0.15, 0.2) is 0 Å². The van der Waals surface area contributed by atoms with Crippen LogP contribution < -0.4 is 5.32 Å². The molecular weight excluding hydrogens is 294 g/mol. The molecule has 0 unspecified atom stereocenters. The number of nitrogens with one attached hydrogen (secondary N) is 1. The fourth-order valence-corrected chi connectivity index (χ4v) is 2.84. The Balaban J connectivity index is 1.81. The van der Waals surface area contributed by atoms with Gasteiger partial charge in [0, 0.05) is 12.3 Å². The van der Waals surface area contributed by atoms with Crippen molar-refractivity contribution in [2.24, 2.45) is 0 Å². The van der Waals surface area contributed by atoms with Crippen molar-refractivity contribution in [2.75, 3.05) is 5.32 Å². The van der Waals surface area contributed by atoms with E-state index in [1.807, 2.05) is 36.4 Å². The third kappa shape index (κ3) is 3.56. The van der Waals surface area contributed by atoms with Crippen molar-refractivity contribution in [3.05, 3.63) is 77.3 Å². The second-order valence-corrected chi connectivity index (χ2v) is 5.70. The molecule has 22 heavy (non-hydrogen) atoms. The van der Waals surface area contributed by atoms with E-state index in [-0.39, 0.29) is 11.8 Å². The first kappa shape index (κ1) is 14.4. The van der Waals surface area contributed by atoms with Crippen LogP contribution in [0.25, 0.3) is 0 Å². The molecule has 0 aliphatic carbocycles. The number of nitrogens with zero attached hydrogens (tertiary/aromatic N) is 2. The Morgan fingerprint density at radius 3 is 2.09 bits per heavy atom. The molecule has 1 amide bonds. The van der Waals surface area contributed by atoms with E-state index in [2.05, 4.69) is 39.8 Å². The first-order valence-corrected chi connectivity index (χ1v) is 7.87. The van der Waals surface area contributed by atoms with E-state index >= 15 is 0 Å². The van der Waals surface area contributed by atoms with Crippen LogP contribution in [0.3, 0.4) is 0 Å². The number of hydrogen-bond donors (Lipinski definition) is 1. The Bertz CT molecular complexity index is 675. The SMILES string of the molecule is O=C(CC(c1ccccc1)c1ccccc1)Nc1nncs1. The average Bonchev–Trinajstić information content (AvgIpc) is 3.07. The van der Waals surface area contributed by atoms with Gasteiger partial charge >= 0.3 is 0 Å². The van der Waals surface area contributed by atoms with Gasteiger partial charge in [-0.25, -0.2) is 0 Å². The zero-order chi connectivity index (χ0) is 15.2. The van der Waals surface area contributed by atoms with E-state index in [0.717, 1.165) is 11.1 Å². The number of rotatable bonds is 5. The summed E-state index contributed by atoms with van der Waals surface area (Å²) in [4.78, 5) is 12.3. The standard InChI is InChI=1S/C17H15N3OS/c21-16(19-17-20-18-12-22-17)11-15(13-7-3-1-4-8-13)14-9-5-2-6-10-14/h1-10,12,15H,11H2,(H,19,20,21). The molecule has 1 aromatic heterocycles. The van der Waals surface area contributed by atoms with Crippen LogP contribution in [0.15, 0.2) is 66.2 Å². The fourth-order valence-electron chi connectivity index (χ4n) is 2.38. The number of anilines is 1. The molecule has 0 aliphatic rings. The maximum Gasteiger partial charge on any atom is 0.227 e. The number of aromatic nitrogens is 2. The van der Waals surface area contributed by atoms with E-state index < -0.39 is 0 Å². The van der Waals surface area contributed by atoms with Gasteiger partial charge in [-0.1, -0.05) is 72.0 Å². The van der Waals surface area contributed by atoms with Gasteiger partial charge < -0.3 is 5.32 Å². The topological polar surface area (TPSA) is 54.9 Å². The van der Waals surface area contributed by atoms with Crippen molar-refractivity contribution in [3.8, 4) is 0 Å². The summed E-state index contributed by atoms with van der Waals surface area (Å²) < 4.78 is 0. The number of amides is 1. The van der Waals surface area contributed by atoms with Gasteiger partial charge in [0.1, 0.15) is 5.51 Å². The van der Waals surface area contributed by atoms with Gasteiger partial charge in [0.25, 0.3) is 0 Å². The van der Waals surface area contributed by atoms with Crippen molar-refractivity contribution in [1.82, 2.24) is 10.2 Å². The largest absolute Gasteiger partial charge is 0.301 e. The van der Waals surface area contributed by atoms with E-state index in [1.54, 1.807) is 5.51 Å². The van der Waals surface area contributed by atoms with Crippen LogP contribution in [0.1, 0.15) is 23.5 Å². The monoisotopic (exact) mass is 309 g/mol. The molecule has 0 saturated carbocycles. The van der Waals surface area contributed by atoms with E-state index in [0.29, 0.717) is 11.6 Å². The highest BCUT2D eigenvalue weighted by atomic mass is 32.1. The summed E-state index contributed by atoms with van der Waals surface area (Å²) in [5.41, 5.74) is 3.85.